The van der Waals surface area contributed by atoms with Gasteiger partial charge in [-0.05, 0) is 44.2 Å². The summed E-state index contributed by atoms with van der Waals surface area (Å²) >= 11 is 0. The zero-order valence-electron chi connectivity index (χ0n) is 17.1. The molecule has 0 spiro atoms. The maximum absolute atomic E-state index is 12.6. The normalized spacial score (nSPS) is 21.9. The first kappa shape index (κ1) is 20.1. The van der Waals surface area contributed by atoms with E-state index in [0.29, 0.717) is 28.8 Å². The predicted molar refractivity (Wildman–Crippen MR) is 107 cm³/mol. The van der Waals surface area contributed by atoms with Gasteiger partial charge in [-0.25, -0.2) is 9.48 Å². The molecule has 0 radical (unpaired) electrons. The number of nitrogens with one attached hydrogen (secondary N) is 1. The molecule has 1 aliphatic rings. The third-order valence-electron chi connectivity index (χ3n) is 5.88. The molecule has 0 bridgehead atoms. The molecular weight excluding hydrogens is 354 g/mol. The van der Waals surface area contributed by atoms with Gasteiger partial charge in [-0.15, -0.1) is 0 Å². The number of hydrogen-bond donors (Lipinski definition) is 1. The topological polar surface area (TPSA) is 73.2 Å². The van der Waals surface area contributed by atoms with E-state index in [1.54, 1.807) is 11.6 Å². The molecule has 1 fully saturated rings. The summed E-state index contributed by atoms with van der Waals surface area (Å²) in [4.78, 5) is 24.9. The van der Waals surface area contributed by atoms with E-state index in [1.165, 1.54) is 6.42 Å². The average Bonchev–Trinajstić information content (AvgIpc) is 2.98. The van der Waals surface area contributed by atoms with Gasteiger partial charge in [-0.1, -0.05) is 44.9 Å². The zero-order valence-corrected chi connectivity index (χ0v) is 17.1. The van der Waals surface area contributed by atoms with Crippen LogP contribution in [0.3, 0.4) is 0 Å². The highest BCUT2D eigenvalue weighted by atomic mass is 16.5. The van der Waals surface area contributed by atoms with Gasteiger partial charge in [0.05, 0.1) is 17.1 Å². The van der Waals surface area contributed by atoms with E-state index in [2.05, 4.69) is 24.3 Å². The third kappa shape index (κ3) is 4.26. The molecule has 150 valence electrons. The average molecular weight is 383 g/mol. The van der Waals surface area contributed by atoms with E-state index >= 15 is 0 Å². The van der Waals surface area contributed by atoms with Crippen molar-refractivity contribution in [2.24, 2.45) is 11.8 Å². The van der Waals surface area contributed by atoms with Gasteiger partial charge in [-0.2, -0.15) is 5.10 Å². The molecule has 1 aromatic carbocycles. The number of carbonyl (C=O) groups is 2. The van der Waals surface area contributed by atoms with Crippen LogP contribution < -0.4 is 5.32 Å². The number of ether oxygens (including phenoxy) is 1. The molecule has 6 nitrogen and oxygen atoms in total. The van der Waals surface area contributed by atoms with Crippen LogP contribution in [0.5, 0.6) is 0 Å². The molecule has 1 aliphatic carbocycles. The van der Waals surface area contributed by atoms with Gasteiger partial charge in [-0.3, -0.25) is 4.79 Å². The van der Waals surface area contributed by atoms with Crippen molar-refractivity contribution in [3.63, 3.8) is 0 Å². The molecule has 1 saturated carbocycles. The Morgan fingerprint density at radius 1 is 1.18 bits per heavy atom. The summed E-state index contributed by atoms with van der Waals surface area (Å²) in [6, 6.07) is 9.77. The first-order valence-corrected chi connectivity index (χ1v) is 9.96. The van der Waals surface area contributed by atoms with E-state index in [-0.39, 0.29) is 18.6 Å². The fourth-order valence-electron chi connectivity index (χ4n) is 4.00. The largest absolute Gasteiger partial charge is 0.452 e. The molecule has 3 unspecified atom stereocenters. The van der Waals surface area contributed by atoms with Gasteiger partial charge in [0.1, 0.15) is 5.56 Å². The Morgan fingerprint density at radius 3 is 2.61 bits per heavy atom. The SMILES string of the molecule is Cc1nn(-c2ccccc2)c(C)c1C(=O)OCC(=O)NC1CCCC(C)C1C. The van der Waals surface area contributed by atoms with Crippen molar-refractivity contribution in [1.82, 2.24) is 15.1 Å². The van der Waals surface area contributed by atoms with Crippen LogP contribution in [-0.2, 0) is 9.53 Å². The highest BCUT2D eigenvalue weighted by Crippen LogP contribution is 2.29. The minimum absolute atomic E-state index is 0.152. The van der Waals surface area contributed by atoms with Crippen molar-refractivity contribution in [2.75, 3.05) is 6.61 Å². The van der Waals surface area contributed by atoms with Crippen LogP contribution >= 0.6 is 0 Å². The minimum atomic E-state index is -0.516. The maximum Gasteiger partial charge on any atom is 0.342 e. The molecule has 28 heavy (non-hydrogen) atoms. The number of aromatic nitrogens is 2. The lowest BCUT2D eigenvalue weighted by atomic mass is 9.78. The summed E-state index contributed by atoms with van der Waals surface area (Å²) in [5.41, 5.74) is 2.57. The Labute approximate surface area is 166 Å². The van der Waals surface area contributed by atoms with E-state index in [1.807, 2.05) is 37.3 Å². The van der Waals surface area contributed by atoms with Crippen LogP contribution in [0, 0.1) is 25.7 Å². The van der Waals surface area contributed by atoms with Crippen LogP contribution in [0.2, 0.25) is 0 Å². The number of benzene rings is 1. The molecule has 0 saturated heterocycles. The summed E-state index contributed by atoms with van der Waals surface area (Å²) in [6.07, 6.45) is 3.30. The molecular formula is C22H29N3O3. The van der Waals surface area contributed by atoms with Crippen molar-refractivity contribution >= 4 is 11.9 Å². The number of aryl methyl sites for hydroxylation is 1. The quantitative estimate of drug-likeness (QED) is 0.801. The molecule has 1 N–H and O–H groups in total. The second kappa shape index (κ2) is 8.59. The van der Waals surface area contributed by atoms with Gasteiger partial charge in [0.25, 0.3) is 5.91 Å². The smallest absolute Gasteiger partial charge is 0.342 e. The Morgan fingerprint density at radius 2 is 1.89 bits per heavy atom. The number of amides is 1. The molecule has 1 amide bonds. The fraction of sp³-hybridized carbons (Fsp3) is 0.500. The Balaban J connectivity index is 1.62. The second-order valence-corrected chi connectivity index (χ2v) is 7.81. The van der Waals surface area contributed by atoms with Crippen LogP contribution in [0.1, 0.15) is 54.9 Å². The summed E-state index contributed by atoms with van der Waals surface area (Å²) < 4.78 is 7.02. The molecule has 0 aliphatic heterocycles. The molecule has 1 aromatic heterocycles. The Bertz CT molecular complexity index is 844. The first-order valence-electron chi connectivity index (χ1n) is 9.96. The summed E-state index contributed by atoms with van der Waals surface area (Å²) in [5, 5.41) is 7.48. The maximum atomic E-state index is 12.6. The number of rotatable bonds is 5. The van der Waals surface area contributed by atoms with Gasteiger partial charge in [0.15, 0.2) is 6.61 Å². The van der Waals surface area contributed by atoms with E-state index < -0.39 is 5.97 Å². The monoisotopic (exact) mass is 383 g/mol. The lowest BCUT2D eigenvalue weighted by Gasteiger charge is -2.34. The van der Waals surface area contributed by atoms with Crippen LogP contribution in [-0.4, -0.2) is 34.3 Å². The van der Waals surface area contributed by atoms with E-state index in [9.17, 15) is 9.59 Å². The summed E-state index contributed by atoms with van der Waals surface area (Å²) in [7, 11) is 0. The third-order valence-corrected chi connectivity index (χ3v) is 5.88. The molecule has 3 rings (SSSR count). The summed E-state index contributed by atoms with van der Waals surface area (Å²) in [6.45, 7) is 7.72. The number of carbonyl (C=O) groups excluding carboxylic acids is 2. The van der Waals surface area contributed by atoms with Gasteiger partial charge in [0, 0.05) is 6.04 Å². The lowest BCUT2D eigenvalue weighted by molar-refractivity contribution is -0.125. The predicted octanol–water partition coefficient (Wildman–Crippen LogP) is 3.59. The highest BCUT2D eigenvalue weighted by Gasteiger charge is 2.28. The van der Waals surface area contributed by atoms with Crippen LogP contribution in [0.4, 0.5) is 0 Å². The van der Waals surface area contributed by atoms with Crippen molar-refractivity contribution < 1.29 is 14.3 Å². The lowest BCUT2D eigenvalue weighted by Crippen LogP contribution is -2.45. The minimum Gasteiger partial charge on any atom is -0.452 e. The molecule has 1 heterocycles. The van der Waals surface area contributed by atoms with Gasteiger partial charge < -0.3 is 10.1 Å². The molecule has 3 atom stereocenters. The Kier molecular flexibility index (Phi) is 6.17. The van der Waals surface area contributed by atoms with Crippen molar-refractivity contribution in [3.05, 3.63) is 47.3 Å². The number of esters is 1. The second-order valence-electron chi connectivity index (χ2n) is 7.81. The number of nitrogens with zero attached hydrogens (tertiary/aromatic N) is 2. The highest BCUT2D eigenvalue weighted by molar-refractivity contribution is 5.93. The first-order chi connectivity index (χ1) is 13.4. The van der Waals surface area contributed by atoms with Crippen LogP contribution in [0.15, 0.2) is 30.3 Å². The van der Waals surface area contributed by atoms with Gasteiger partial charge in [0.2, 0.25) is 0 Å². The van der Waals surface area contributed by atoms with Crippen molar-refractivity contribution in [3.8, 4) is 5.69 Å². The van der Waals surface area contributed by atoms with Gasteiger partial charge >= 0.3 is 5.97 Å². The molecule has 6 heteroatoms. The fourth-order valence-corrected chi connectivity index (χ4v) is 4.00. The van der Waals surface area contributed by atoms with E-state index in [4.69, 9.17) is 4.74 Å². The zero-order chi connectivity index (χ0) is 20.3. The Hall–Kier alpha value is -2.63. The summed E-state index contributed by atoms with van der Waals surface area (Å²) in [5.74, 6) is 0.264. The van der Waals surface area contributed by atoms with Crippen LogP contribution in [0.25, 0.3) is 5.69 Å². The number of para-hydroxylation sites is 1. The van der Waals surface area contributed by atoms with E-state index in [0.717, 1.165) is 18.5 Å². The van der Waals surface area contributed by atoms with Crippen molar-refractivity contribution in [2.45, 2.75) is 53.0 Å². The van der Waals surface area contributed by atoms with Crippen molar-refractivity contribution in [1.29, 1.82) is 0 Å². The number of hydrogen-bond acceptors (Lipinski definition) is 4. The standard InChI is InChI=1S/C22H29N3O3/c1-14-9-8-12-19(15(14)2)23-20(26)13-28-22(27)21-16(3)24-25(17(21)4)18-10-6-5-7-11-18/h5-7,10-11,14-15,19H,8-9,12-13H2,1-4H3,(H,23,26). The molecule has 2 aromatic rings.